The first-order valence-corrected chi connectivity index (χ1v) is 11.9. The SMILES string of the molecule is CCCN(CC(=O)Nc1cc(C(C)(C)C)nn1-c1cccc(C)c1C)C(=O)C1CCCC1. The van der Waals surface area contributed by atoms with Crippen LogP contribution in [0.1, 0.15) is 76.6 Å². The number of rotatable bonds is 7. The minimum Gasteiger partial charge on any atom is -0.333 e. The molecule has 6 nitrogen and oxygen atoms in total. The molecule has 174 valence electrons. The van der Waals surface area contributed by atoms with Crippen molar-refractivity contribution in [3.8, 4) is 5.69 Å². The summed E-state index contributed by atoms with van der Waals surface area (Å²) in [6.45, 7) is 13.2. The van der Waals surface area contributed by atoms with E-state index in [1.807, 2.05) is 29.8 Å². The quantitative estimate of drug-likeness (QED) is 0.650. The number of aryl methyl sites for hydroxylation is 1. The fourth-order valence-corrected chi connectivity index (χ4v) is 4.31. The van der Waals surface area contributed by atoms with Crippen LogP contribution >= 0.6 is 0 Å². The maximum absolute atomic E-state index is 13.1. The molecule has 1 aliphatic rings. The molecule has 1 fully saturated rings. The summed E-state index contributed by atoms with van der Waals surface area (Å²) in [5, 5.41) is 7.89. The van der Waals surface area contributed by atoms with E-state index in [9.17, 15) is 9.59 Å². The van der Waals surface area contributed by atoms with E-state index in [1.54, 1.807) is 4.90 Å². The Balaban J connectivity index is 1.86. The van der Waals surface area contributed by atoms with Crippen LogP contribution in [0.5, 0.6) is 0 Å². The molecule has 32 heavy (non-hydrogen) atoms. The Morgan fingerprint density at radius 1 is 1.19 bits per heavy atom. The van der Waals surface area contributed by atoms with Gasteiger partial charge in [-0.05, 0) is 50.3 Å². The van der Waals surface area contributed by atoms with Crippen molar-refractivity contribution in [2.24, 2.45) is 5.92 Å². The van der Waals surface area contributed by atoms with Gasteiger partial charge in [-0.15, -0.1) is 0 Å². The Bertz CT molecular complexity index is 965. The summed E-state index contributed by atoms with van der Waals surface area (Å²) in [5.41, 5.74) is 3.98. The van der Waals surface area contributed by atoms with Gasteiger partial charge < -0.3 is 10.2 Å². The van der Waals surface area contributed by atoms with Gasteiger partial charge in [-0.2, -0.15) is 5.10 Å². The van der Waals surface area contributed by atoms with Gasteiger partial charge in [0.2, 0.25) is 11.8 Å². The number of carbonyl (C=O) groups is 2. The second-order valence-corrected chi connectivity index (χ2v) is 10.1. The third kappa shape index (κ3) is 5.40. The van der Waals surface area contributed by atoms with E-state index in [0.717, 1.165) is 49.0 Å². The molecule has 2 aromatic rings. The van der Waals surface area contributed by atoms with E-state index in [4.69, 9.17) is 5.10 Å². The molecule has 0 saturated heterocycles. The van der Waals surface area contributed by atoms with E-state index in [0.29, 0.717) is 12.4 Å². The first-order valence-electron chi connectivity index (χ1n) is 11.9. The van der Waals surface area contributed by atoms with Crippen LogP contribution < -0.4 is 5.32 Å². The normalized spacial score (nSPS) is 14.6. The summed E-state index contributed by atoms with van der Waals surface area (Å²) in [4.78, 5) is 27.8. The number of anilines is 1. The Hall–Kier alpha value is -2.63. The van der Waals surface area contributed by atoms with Crippen molar-refractivity contribution >= 4 is 17.6 Å². The predicted octanol–water partition coefficient (Wildman–Crippen LogP) is 5.15. The van der Waals surface area contributed by atoms with Crippen LogP contribution in [0, 0.1) is 19.8 Å². The number of nitrogens with zero attached hydrogens (tertiary/aromatic N) is 3. The number of hydrogen-bond donors (Lipinski definition) is 1. The highest BCUT2D eigenvalue weighted by molar-refractivity contribution is 5.94. The Labute approximate surface area is 192 Å². The lowest BCUT2D eigenvalue weighted by atomic mass is 9.92. The Morgan fingerprint density at radius 3 is 2.50 bits per heavy atom. The Kier molecular flexibility index (Phi) is 7.42. The zero-order chi connectivity index (χ0) is 23.5. The molecular formula is C26H38N4O2. The zero-order valence-electron chi connectivity index (χ0n) is 20.5. The van der Waals surface area contributed by atoms with Crippen LogP contribution in [0.25, 0.3) is 5.69 Å². The summed E-state index contributed by atoms with van der Waals surface area (Å²) >= 11 is 0. The standard InChI is InChI=1S/C26H38N4O2/c1-7-15-29(25(32)20-12-8-9-13-20)17-24(31)27-23-16-22(26(4,5)6)28-30(23)21-14-10-11-18(2)19(21)3/h10-11,14,16,20H,7-9,12-13,15,17H2,1-6H3,(H,27,31). The molecule has 0 aliphatic heterocycles. The van der Waals surface area contributed by atoms with Crippen LogP contribution in [-0.4, -0.2) is 39.6 Å². The first-order chi connectivity index (χ1) is 15.1. The first kappa shape index (κ1) is 24.0. The molecule has 6 heteroatoms. The maximum Gasteiger partial charge on any atom is 0.245 e. The minimum absolute atomic E-state index is 0.0716. The zero-order valence-corrected chi connectivity index (χ0v) is 20.5. The lowest BCUT2D eigenvalue weighted by molar-refractivity contribution is -0.138. The molecule has 1 aliphatic carbocycles. The van der Waals surface area contributed by atoms with Crippen LogP contribution in [0.15, 0.2) is 24.3 Å². The van der Waals surface area contributed by atoms with Crippen molar-refractivity contribution in [1.29, 1.82) is 0 Å². The fraction of sp³-hybridized carbons (Fsp3) is 0.577. The summed E-state index contributed by atoms with van der Waals surface area (Å²) in [5.74, 6) is 0.648. The van der Waals surface area contributed by atoms with Crippen LogP contribution in [0.4, 0.5) is 5.82 Å². The summed E-state index contributed by atoms with van der Waals surface area (Å²) < 4.78 is 1.82. The topological polar surface area (TPSA) is 67.2 Å². The van der Waals surface area contributed by atoms with E-state index >= 15 is 0 Å². The van der Waals surface area contributed by atoms with Crippen LogP contribution in [0.3, 0.4) is 0 Å². The molecule has 1 aromatic heterocycles. The van der Waals surface area contributed by atoms with Crippen molar-refractivity contribution in [2.45, 2.75) is 79.1 Å². The minimum atomic E-state index is -0.184. The van der Waals surface area contributed by atoms with Gasteiger partial charge in [0, 0.05) is 23.9 Å². The molecule has 0 unspecified atom stereocenters. The van der Waals surface area contributed by atoms with Gasteiger partial charge in [0.15, 0.2) is 0 Å². The van der Waals surface area contributed by atoms with Gasteiger partial charge in [0.25, 0.3) is 0 Å². The number of amides is 2. The highest BCUT2D eigenvalue weighted by atomic mass is 16.2. The van der Waals surface area contributed by atoms with Gasteiger partial charge >= 0.3 is 0 Å². The highest BCUT2D eigenvalue weighted by Crippen LogP contribution is 2.29. The van der Waals surface area contributed by atoms with Gasteiger partial charge in [0.05, 0.1) is 17.9 Å². The van der Waals surface area contributed by atoms with Crippen molar-refractivity contribution in [1.82, 2.24) is 14.7 Å². The maximum atomic E-state index is 13.1. The molecule has 1 aromatic carbocycles. The van der Waals surface area contributed by atoms with Gasteiger partial charge in [-0.25, -0.2) is 4.68 Å². The average Bonchev–Trinajstić information content (AvgIpc) is 3.39. The van der Waals surface area contributed by atoms with Crippen LogP contribution in [-0.2, 0) is 15.0 Å². The smallest absolute Gasteiger partial charge is 0.245 e. The molecule has 1 saturated carbocycles. The molecule has 1 N–H and O–H groups in total. The summed E-state index contributed by atoms with van der Waals surface area (Å²) in [6.07, 6.45) is 4.92. The van der Waals surface area contributed by atoms with Crippen molar-refractivity contribution in [3.05, 3.63) is 41.1 Å². The second-order valence-electron chi connectivity index (χ2n) is 10.1. The Morgan fingerprint density at radius 2 is 1.88 bits per heavy atom. The molecule has 0 spiro atoms. The number of aromatic nitrogens is 2. The van der Waals surface area contributed by atoms with Crippen LogP contribution in [0.2, 0.25) is 0 Å². The number of benzene rings is 1. The molecule has 2 amide bonds. The summed E-state index contributed by atoms with van der Waals surface area (Å²) in [6, 6.07) is 8.04. The number of nitrogens with one attached hydrogen (secondary N) is 1. The molecule has 3 rings (SSSR count). The lowest BCUT2D eigenvalue weighted by Crippen LogP contribution is -2.41. The lowest BCUT2D eigenvalue weighted by Gasteiger charge is -2.24. The molecule has 0 bridgehead atoms. The molecular weight excluding hydrogens is 400 g/mol. The number of carbonyl (C=O) groups excluding carboxylic acids is 2. The average molecular weight is 439 g/mol. The van der Waals surface area contributed by atoms with E-state index in [-0.39, 0.29) is 29.7 Å². The van der Waals surface area contributed by atoms with Crippen molar-refractivity contribution in [2.75, 3.05) is 18.4 Å². The largest absolute Gasteiger partial charge is 0.333 e. The van der Waals surface area contributed by atoms with E-state index in [1.165, 1.54) is 5.56 Å². The molecule has 1 heterocycles. The van der Waals surface area contributed by atoms with Gasteiger partial charge in [-0.3, -0.25) is 9.59 Å². The van der Waals surface area contributed by atoms with Gasteiger partial charge in [0.1, 0.15) is 5.82 Å². The predicted molar refractivity (Wildman–Crippen MR) is 129 cm³/mol. The van der Waals surface area contributed by atoms with E-state index < -0.39 is 0 Å². The molecule has 0 atom stereocenters. The monoisotopic (exact) mass is 438 g/mol. The number of hydrogen-bond acceptors (Lipinski definition) is 3. The second kappa shape index (κ2) is 9.88. The third-order valence-corrected chi connectivity index (χ3v) is 6.39. The van der Waals surface area contributed by atoms with Crippen molar-refractivity contribution in [3.63, 3.8) is 0 Å². The van der Waals surface area contributed by atoms with E-state index in [2.05, 4.69) is 46.0 Å². The van der Waals surface area contributed by atoms with Crippen molar-refractivity contribution < 1.29 is 9.59 Å². The highest BCUT2D eigenvalue weighted by Gasteiger charge is 2.28. The fourth-order valence-electron chi connectivity index (χ4n) is 4.31. The third-order valence-electron chi connectivity index (χ3n) is 6.39. The van der Waals surface area contributed by atoms with Gasteiger partial charge in [-0.1, -0.05) is 52.7 Å². The molecule has 0 radical (unpaired) electrons. The summed E-state index contributed by atoms with van der Waals surface area (Å²) in [7, 11) is 0.